The molecule has 1 N–H and O–H groups in total. The second-order valence-corrected chi connectivity index (χ2v) is 7.03. The van der Waals surface area contributed by atoms with Gasteiger partial charge in [0, 0.05) is 12.3 Å². The van der Waals surface area contributed by atoms with Crippen molar-refractivity contribution in [3.8, 4) is 0 Å². The summed E-state index contributed by atoms with van der Waals surface area (Å²) in [5.41, 5.74) is 2.94. The normalized spacial score (nSPS) is 27.5. The van der Waals surface area contributed by atoms with Crippen LogP contribution >= 0.6 is 36.2 Å². The third-order valence-corrected chi connectivity index (χ3v) is 4.98. The molecule has 3 nitrogen and oxygen atoms in total. The molecule has 0 amide bonds. The summed E-state index contributed by atoms with van der Waals surface area (Å²) < 4.78 is 1.29. The van der Waals surface area contributed by atoms with Crippen molar-refractivity contribution in [2.75, 3.05) is 25.4 Å². The summed E-state index contributed by atoms with van der Waals surface area (Å²) in [6.07, 6.45) is 4.17. The molecule has 0 radical (unpaired) electrons. The van der Waals surface area contributed by atoms with Gasteiger partial charge in [0.05, 0.1) is 0 Å². The highest BCUT2D eigenvalue weighted by Crippen LogP contribution is 2.27. The van der Waals surface area contributed by atoms with Crippen LogP contribution in [0.3, 0.4) is 0 Å². The molecule has 2 rings (SSSR count). The Balaban J connectivity index is 1.58. The quantitative estimate of drug-likeness (QED) is 0.762. The predicted octanol–water partition coefficient (Wildman–Crippen LogP) is 2.03. The van der Waals surface area contributed by atoms with Crippen LogP contribution in [0.1, 0.15) is 19.3 Å². The van der Waals surface area contributed by atoms with Crippen molar-refractivity contribution in [3.05, 3.63) is 0 Å². The standard InChI is InChI=1S/C9H17N3S3/c13-8-10-11-9(15-8)14-7-6-12-4-2-1-3-5-12/h8,10,13H,1-7H2. The first-order valence-corrected chi connectivity index (χ1v) is 7.76. The van der Waals surface area contributed by atoms with E-state index in [1.165, 1.54) is 38.9 Å². The molecule has 0 spiro atoms. The fourth-order valence-electron chi connectivity index (χ4n) is 1.77. The number of likely N-dealkylation sites (tertiary alicyclic amines) is 1. The highest BCUT2D eigenvalue weighted by atomic mass is 32.2. The van der Waals surface area contributed by atoms with Gasteiger partial charge in [-0.1, -0.05) is 29.9 Å². The lowest BCUT2D eigenvalue weighted by molar-refractivity contribution is 0.242. The highest BCUT2D eigenvalue weighted by molar-refractivity contribution is 8.41. The topological polar surface area (TPSA) is 27.6 Å². The summed E-state index contributed by atoms with van der Waals surface area (Å²) in [6, 6.07) is 0. The average molecular weight is 263 g/mol. The fourth-order valence-corrected chi connectivity index (χ4v) is 4.19. The van der Waals surface area contributed by atoms with Gasteiger partial charge in [-0.15, -0.1) is 12.6 Å². The smallest absolute Gasteiger partial charge is 0.152 e. The number of hydrogen-bond donors (Lipinski definition) is 2. The number of thiol groups is 1. The number of piperidine rings is 1. The Morgan fingerprint density at radius 2 is 2.27 bits per heavy atom. The third kappa shape index (κ3) is 4.09. The molecule has 1 unspecified atom stereocenters. The molecule has 86 valence electrons. The van der Waals surface area contributed by atoms with Gasteiger partial charge in [-0.3, -0.25) is 5.43 Å². The second-order valence-electron chi connectivity index (χ2n) is 3.73. The Labute approximate surface area is 105 Å². The number of nitrogens with one attached hydrogen (secondary N) is 1. The summed E-state index contributed by atoms with van der Waals surface area (Å²) >= 11 is 7.83. The van der Waals surface area contributed by atoms with Crippen LogP contribution in [-0.4, -0.2) is 39.4 Å². The van der Waals surface area contributed by atoms with Crippen LogP contribution in [0.2, 0.25) is 0 Å². The van der Waals surface area contributed by atoms with Crippen molar-refractivity contribution in [2.45, 2.75) is 24.0 Å². The van der Waals surface area contributed by atoms with Gasteiger partial charge in [0.2, 0.25) is 0 Å². The van der Waals surface area contributed by atoms with Gasteiger partial charge < -0.3 is 4.90 Å². The van der Waals surface area contributed by atoms with Gasteiger partial charge in [0.1, 0.15) is 4.71 Å². The van der Waals surface area contributed by atoms with Crippen molar-refractivity contribution in [1.29, 1.82) is 0 Å². The summed E-state index contributed by atoms with van der Waals surface area (Å²) in [5.74, 6) is 1.15. The molecule has 2 aliphatic heterocycles. The number of thioether (sulfide) groups is 2. The van der Waals surface area contributed by atoms with Crippen LogP contribution in [-0.2, 0) is 0 Å². The zero-order chi connectivity index (χ0) is 10.5. The van der Waals surface area contributed by atoms with Crippen molar-refractivity contribution in [2.24, 2.45) is 5.10 Å². The summed E-state index contributed by atoms with van der Waals surface area (Å²) in [6.45, 7) is 3.77. The first kappa shape index (κ1) is 12.0. The molecule has 6 heteroatoms. The third-order valence-electron chi connectivity index (χ3n) is 2.56. The molecule has 0 bridgehead atoms. The van der Waals surface area contributed by atoms with E-state index in [2.05, 4.69) is 28.1 Å². The van der Waals surface area contributed by atoms with Crippen LogP contribution in [0.15, 0.2) is 5.10 Å². The lowest BCUT2D eigenvalue weighted by atomic mass is 10.1. The Morgan fingerprint density at radius 1 is 1.47 bits per heavy atom. The minimum atomic E-state index is 0.155. The molecule has 1 atom stereocenters. The van der Waals surface area contributed by atoms with Gasteiger partial charge in [-0.05, 0) is 25.9 Å². The first-order chi connectivity index (χ1) is 7.34. The minimum Gasteiger partial charge on any atom is -0.303 e. The van der Waals surface area contributed by atoms with E-state index in [-0.39, 0.29) is 4.71 Å². The average Bonchev–Trinajstić information content (AvgIpc) is 2.66. The van der Waals surface area contributed by atoms with E-state index < -0.39 is 0 Å². The Hall–Kier alpha value is 0.480. The summed E-state index contributed by atoms with van der Waals surface area (Å²) in [7, 11) is 0. The molecule has 1 fully saturated rings. The Kier molecular flexibility index (Phi) is 5.00. The van der Waals surface area contributed by atoms with E-state index in [9.17, 15) is 0 Å². The van der Waals surface area contributed by atoms with Crippen LogP contribution < -0.4 is 5.43 Å². The van der Waals surface area contributed by atoms with Gasteiger partial charge in [-0.2, -0.15) is 5.10 Å². The Morgan fingerprint density at radius 3 is 2.93 bits per heavy atom. The number of rotatable bonds is 3. The van der Waals surface area contributed by atoms with E-state index in [1.54, 1.807) is 11.8 Å². The minimum absolute atomic E-state index is 0.155. The predicted molar refractivity (Wildman–Crippen MR) is 73.7 cm³/mol. The number of hydrogen-bond acceptors (Lipinski definition) is 6. The van der Waals surface area contributed by atoms with Crippen LogP contribution in [0.25, 0.3) is 0 Å². The molecule has 2 aliphatic rings. The fraction of sp³-hybridized carbons (Fsp3) is 0.889. The van der Waals surface area contributed by atoms with Gasteiger partial charge >= 0.3 is 0 Å². The lowest BCUT2D eigenvalue weighted by Crippen LogP contribution is -2.31. The molecule has 0 aliphatic carbocycles. The lowest BCUT2D eigenvalue weighted by Gasteiger charge is -2.25. The largest absolute Gasteiger partial charge is 0.303 e. The summed E-state index contributed by atoms with van der Waals surface area (Å²) in [4.78, 5) is 2.56. The molecule has 2 heterocycles. The second kappa shape index (κ2) is 6.27. The highest BCUT2D eigenvalue weighted by Gasteiger charge is 2.16. The molecule has 0 aromatic rings. The maximum absolute atomic E-state index is 4.29. The summed E-state index contributed by atoms with van der Waals surface area (Å²) in [5, 5.41) is 4.20. The molecule has 0 aromatic carbocycles. The molecule has 0 aromatic heterocycles. The molecular weight excluding hydrogens is 246 g/mol. The van der Waals surface area contributed by atoms with Crippen LogP contribution in [0.5, 0.6) is 0 Å². The monoisotopic (exact) mass is 263 g/mol. The van der Waals surface area contributed by atoms with Crippen molar-refractivity contribution in [1.82, 2.24) is 10.3 Å². The van der Waals surface area contributed by atoms with Crippen molar-refractivity contribution < 1.29 is 0 Å². The van der Waals surface area contributed by atoms with E-state index >= 15 is 0 Å². The van der Waals surface area contributed by atoms with Gasteiger partial charge in [0.15, 0.2) is 4.38 Å². The van der Waals surface area contributed by atoms with E-state index in [0.717, 1.165) is 10.1 Å². The molecule has 15 heavy (non-hydrogen) atoms. The zero-order valence-corrected chi connectivity index (χ0v) is 11.2. The number of nitrogens with zero attached hydrogens (tertiary/aromatic N) is 2. The van der Waals surface area contributed by atoms with E-state index in [1.807, 2.05) is 11.8 Å². The molecular formula is C9H17N3S3. The van der Waals surface area contributed by atoms with Crippen LogP contribution in [0.4, 0.5) is 0 Å². The Bertz CT molecular complexity index is 229. The van der Waals surface area contributed by atoms with Gasteiger partial charge in [-0.25, -0.2) is 0 Å². The van der Waals surface area contributed by atoms with Crippen molar-refractivity contribution >= 4 is 40.5 Å². The maximum atomic E-state index is 4.29. The van der Waals surface area contributed by atoms with E-state index in [4.69, 9.17) is 0 Å². The van der Waals surface area contributed by atoms with E-state index in [0.29, 0.717) is 0 Å². The van der Waals surface area contributed by atoms with Crippen LogP contribution in [0, 0.1) is 0 Å². The first-order valence-electron chi connectivity index (χ1n) is 5.38. The SMILES string of the molecule is SC1NN=C(SCCN2CCCCC2)S1. The van der Waals surface area contributed by atoms with Crippen molar-refractivity contribution in [3.63, 3.8) is 0 Å². The zero-order valence-electron chi connectivity index (χ0n) is 8.69. The number of hydrazone groups is 1. The van der Waals surface area contributed by atoms with Gasteiger partial charge in [0.25, 0.3) is 0 Å². The molecule has 1 saturated heterocycles. The molecule has 0 saturated carbocycles. The maximum Gasteiger partial charge on any atom is 0.152 e.